The van der Waals surface area contributed by atoms with Crippen molar-refractivity contribution >= 4 is 11.9 Å². The molecule has 0 aromatic heterocycles. The number of nitrogens with one attached hydrogen (secondary N) is 1. The van der Waals surface area contributed by atoms with Gasteiger partial charge in [0.1, 0.15) is 0 Å². The number of para-hydroxylation sites is 1. The highest BCUT2D eigenvalue weighted by Gasteiger charge is 2.04. The van der Waals surface area contributed by atoms with E-state index in [0.29, 0.717) is 6.61 Å². The van der Waals surface area contributed by atoms with E-state index < -0.39 is 0 Å². The molecule has 2 aromatic rings. The summed E-state index contributed by atoms with van der Waals surface area (Å²) in [6, 6.07) is 15.6. The maximum atomic E-state index is 5.71. The number of ether oxygens (including phenoxy) is 2. The Balaban J connectivity index is 1.99. The van der Waals surface area contributed by atoms with Gasteiger partial charge in [-0.25, -0.2) is 0 Å². The van der Waals surface area contributed by atoms with E-state index in [1.54, 1.807) is 13.3 Å². The lowest BCUT2D eigenvalue weighted by molar-refractivity contribution is 0.288. The Morgan fingerprint density at radius 3 is 2.64 bits per heavy atom. The molecule has 116 valence electrons. The first-order valence-electron chi connectivity index (χ1n) is 7.48. The third-order valence-electron chi connectivity index (χ3n) is 3.12. The predicted molar refractivity (Wildman–Crippen MR) is 91.1 cm³/mol. The molecule has 2 aromatic carbocycles. The van der Waals surface area contributed by atoms with Gasteiger partial charge < -0.3 is 9.47 Å². The summed E-state index contributed by atoms with van der Waals surface area (Å²) in [4.78, 5) is 0. The summed E-state index contributed by atoms with van der Waals surface area (Å²) in [5.74, 6) is 1.49. The first-order chi connectivity index (χ1) is 10.8. The lowest BCUT2D eigenvalue weighted by atomic mass is 10.2. The van der Waals surface area contributed by atoms with E-state index in [2.05, 4.69) is 17.5 Å². The monoisotopic (exact) mass is 298 g/mol. The molecule has 0 fully saturated rings. The summed E-state index contributed by atoms with van der Waals surface area (Å²) in [5, 5.41) is 4.22. The topological polar surface area (TPSA) is 42.8 Å². The molecule has 0 radical (unpaired) electrons. The van der Waals surface area contributed by atoms with Gasteiger partial charge >= 0.3 is 0 Å². The number of hydrazone groups is 1. The number of rotatable bonds is 8. The van der Waals surface area contributed by atoms with Gasteiger partial charge in [0.2, 0.25) is 0 Å². The summed E-state index contributed by atoms with van der Waals surface area (Å²) in [6.07, 6.45) is 3.90. The second kappa shape index (κ2) is 8.72. The minimum Gasteiger partial charge on any atom is -0.493 e. The molecule has 1 N–H and O–H groups in total. The minimum atomic E-state index is 0.704. The lowest BCUT2D eigenvalue weighted by Gasteiger charge is -2.10. The Morgan fingerprint density at radius 2 is 1.91 bits per heavy atom. The first kappa shape index (κ1) is 15.9. The predicted octanol–water partition coefficient (Wildman–Crippen LogP) is 4.32. The molecule has 0 heterocycles. The van der Waals surface area contributed by atoms with Crippen LogP contribution in [0.2, 0.25) is 0 Å². The van der Waals surface area contributed by atoms with Crippen LogP contribution in [0.5, 0.6) is 11.5 Å². The SMILES string of the molecule is CCCCOc1ccc(/C=N/Nc2ccccc2)cc1OC. The fourth-order valence-corrected chi connectivity index (χ4v) is 1.90. The number of nitrogens with zero attached hydrogens (tertiary/aromatic N) is 1. The summed E-state index contributed by atoms with van der Waals surface area (Å²) in [7, 11) is 1.64. The van der Waals surface area contributed by atoms with Crippen molar-refractivity contribution < 1.29 is 9.47 Å². The largest absolute Gasteiger partial charge is 0.493 e. The number of methoxy groups -OCH3 is 1. The van der Waals surface area contributed by atoms with Crippen molar-refractivity contribution in [2.24, 2.45) is 5.10 Å². The van der Waals surface area contributed by atoms with Crippen LogP contribution in [0.4, 0.5) is 5.69 Å². The number of unbranched alkanes of at least 4 members (excludes halogenated alkanes) is 1. The zero-order chi connectivity index (χ0) is 15.6. The lowest BCUT2D eigenvalue weighted by Crippen LogP contribution is -1.99. The number of benzene rings is 2. The van der Waals surface area contributed by atoms with Gasteiger partial charge in [-0.3, -0.25) is 5.43 Å². The van der Waals surface area contributed by atoms with Crippen LogP contribution >= 0.6 is 0 Å². The van der Waals surface area contributed by atoms with Crippen LogP contribution < -0.4 is 14.9 Å². The van der Waals surface area contributed by atoms with E-state index >= 15 is 0 Å². The van der Waals surface area contributed by atoms with Gasteiger partial charge in [-0.05, 0) is 42.3 Å². The molecule has 0 aliphatic heterocycles. The van der Waals surface area contributed by atoms with E-state index in [0.717, 1.165) is 35.6 Å². The molecule has 22 heavy (non-hydrogen) atoms. The van der Waals surface area contributed by atoms with Crippen molar-refractivity contribution in [3.8, 4) is 11.5 Å². The Morgan fingerprint density at radius 1 is 1.09 bits per heavy atom. The standard InChI is InChI=1S/C18H22N2O2/c1-3-4-12-22-17-11-10-15(13-18(17)21-2)14-19-20-16-8-6-5-7-9-16/h5-11,13-14,20H,3-4,12H2,1-2H3/b19-14+. The van der Waals surface area contributed by atoms with Gasteiger partial charge in [0.05, 0.1) is 25.6 Å². The molecule has 4 heteroatoms. The summed E-state index contributed by atoms with van der Waals surface area (Å²) < 4.78 is 11.1. The Hall–Kier alpha value is -2.49. The Kier molecular flexibility index (Phi) is 6.30. The van der Waals surface area contributed by atoms with E-state index in [1.807, 2.05) is 48.5 Å². The maximum Gasteiger partial charge on any atom is 0.161 e. The maximum absolute atomic E-state index is 5.71. The molecule has 4 nitrogen and oxygen atoms in total. The van der Waals surface area contributed by atoms with E-state index in [-0.39, 0.29) is 0 Å². The molecule has 2 rings (SSSR count). The third kappa shape index (κ3) is 4.81. The van der Waals surface area contributed by atoms with Gasteiger partial charge in [-0.1, -0.05) is 31.5 Å². The second-order valence-electron chi connectivity index (χ2n) is 4.85. The molecule has 0 saturated heterocycles. The van der Waals surface area contributed by atoms with Gasteiger partial charge in [0.25, 0.3) is 0 Å². The van der Waals surface area contributed by atoms with Gasteiger partial charge in [-0.15, -0.1) is 0 Å². The molecule has 0 bridgehead atoms. The zero-order valence-electron chi connectivity index (χ0n) is 13.1. The molecule has 0 saturated carbocycles. The van der Waals surface area contributed by atoms with E-state index in [9.17, 15) is 0 Å². The summed E-state index contributed by atoms with van der Waals surface area (Å²) in [6.45, 7) is 2.84. The molecule has 0 unspecified atom stereocenters. The fraction of sp³-hybridized carbons (Fsp3) is 0.278. The van der Waals surface area contributed by atoms with Crippen molar-refractivity contribution in [3.05, 3.63) is 54.1 Å². The second-order valence-corrected chi connectivity index (χ2v) is 4.85. The zero-order valence-corrected chi connectivity index (χ0v) is 13.1. The van der Waals surface area contributed by atoms with Crippen LogP contribution in [0.15, 0.2) is 53.6 Å². The van der Waals surface area contributed by atoms with Crippen LogP contribution in [0.25, 0.3) is 0 Å². The van der Waals surface area contributed by atoms with Gasteiger partial charge in [0, 0.05) is 0 Å². The molecule has 0 amide bonds. The molecule has 0 aliphatic carbocycles. The third-order valence-corrected chi connectivity index (χ3v) is 3.12. The summed E-state index contributed by atoms with van der Waals surface area (Å²) >= 11 is 0. The number of anilines is 1. The van der Waals surface area contributed by atoms with Crippen molar-refractivity contribution in [2.45, 2.75) is 19.8 Å². The quantitative estimate of drug-likeness (QED) is 0.448. The Labute approximate surface area is 131 Å². The molecule has 0 aliphatic rings. The molecule has 0 atom stereocenters. The minimum absolute atomic E-state index is 0.704. The number of hydrogen-bond acceptors (Lipinski definition) is 4. The van der Waals surface area contributed by atoms with Gasteiger partial charge in [0.15, 0.2) is 11.5 Å². The van der Waals surface area contributed by atoms with Crippen molar-refractivity contribution in [1.29, 1.82) is 0 Å². The Bertz CT molecular complexity index is 597. The van der Waals surface area contributed by atoms with Crippen molar-refractivity contribution in [2.75, 3.05) is 19.1 Å². The van der Waals surface area contributed by atoms with Crippen LogP contribution in [0, 0.1) is 0 Å². The van der Waals surface area contributed by atoms with Crippen LogP contribution in [-0.2, 0) is 0 Å². The van der Waals surface area contributed by atoms with E-state index in [1.165, 1.54) is 0 Å². The van der Waals surface area contributed by atoms with Crippen molar-refractivity contribution in [3.63, 3.8) is 0 Å². The normalized spacial score (nSPS) is 10.6. The highest BCUT2D eigenvalue weighted by Crippen LogP contribution is 2.27. The molecular formula is C18H22N2O2. The van der Waals surface area contributed by atoms with Crippen LogP contribution in [0.1, 0.15) is 25.3 Å². The van der Waals surface area contributed by atoms with Gasteiger partial charge in [-0.2, -0.15) is 5.10 Å². The first-order valence-corrected chi connectivity index (χ1v) is 7.48. The van der Waals surface area contributed by atoms with Crippen molar-refractivity contribution in [1.82, 2.24) is 0 Å². The molecular weight excluding hydrogens is 276 g/mol. The van der Waals surface area contributed by atoms with Crippen LogP contribution in [0.3, 0.4) is 0 Å². The van der Waals surface area contributed by atoms with Crippen LogP contribution in [-0.4, -0.2) is 19.9 Å². The average molecular weight is 298 g/mol. The highest BCUT2D eigenvalue weighted by atomic mass is 16.5. The summed E-state index contributed by atoms with van der Waals surface area (Å²) in [5.41, 5.74) is 4.88. The smallest absolute Gasteiger partial charge is 0.161 e. The van der Waals surface area contributed by atoms with E-state index in [4.69, 9.17) is 9.47 Å². The average Bonchev–Trinajstić information content (AvgIpc) is 2.57. The molecule has 0 spiro atoms. The fourth-order valence-electron chi connectivity index (χ4n) is 1.90. The number of hydrogen-bond donors (Lipinski definition) is 1. The highest BCUT2D eigenvalue weighted by molar-refractivity contribution is 5.81.